The zero-order valence-corrected chi connectivity index (χ0v) is 20.0. The molecule has 0 saturated heterocycles. The molecule has 10 heteroatoms. The molecule has 0 radical (unpaired) electrons. The number of nitrogens with one attached hydrogen (secondary N) is 1. The minimum absolute atomic E-state index is 0.130. The van der Waals surface area contributed by atoms with Crippen molar-refractivity contribution >= 4 is 23.8 Å². The third kappa shape index (κ3) is 6.89. The summed E-state index contributed by atoms with van der Waals surface area (Å²) in [4.78, 5) is 34.8. The van der Waals surface area contributed by atoms with E-state index in [0.717, 1.165) is 11.1 Å². The summed E-state index contributed by atoms with van der Waals surface area (Å²) in [7, 11) is 0. The molecule has 3 aromatic carbocycles. The third-order valence-electron chi connectivity index (χ3n) is 4.94. The Hall–Kier alpha value is -4.73. The number of aryl methyl sites for hydroxylation is 2. The summed E-state index contributed by atoms with van der Waals surface area (Å²) in [5.41, 5.74) is 4.88. The number of amides is 1. The number of hydrogen-bond acceptors (Lipinski definition) is 8. The maximum absolute atomic E-state index is 12.5. The van der Waals surface area contributed by atoms with E-state index in [0.29, 0.717) is 23.7 Å². The molecule has 0 aliphatic rings. The van der Waals surface area contributed by atoms with Crippen LogP contribution in [0.4, 0.5) is 5.69 Å². The average Bonchev–Trinajstić information content (AvgIpc) is 2.85. The van der Waals surface area contributed by atoms with Crippen molar-refractivity contribution in [2.24, 2.45) is 5.10 Å². The molecule has 36 heavy (non-hydrogen) atoms. The van der Waals surface area contributed by atoms with E-state index >= 15 is 0 Å². The number of carbonyl (C=O) groups excluding carboxylic acids is 2. The van der Waals surface area contributed by atoms with E-state index in [2.05, 4.69) is 10.5 Å². The molecule has 0 heterocycles. The summed E-state index contributed by atoms with van der Waals surface area (Å²) in [5.74, 6) is 0.0117. The molecule has 0 aromatic heterocycles. The lowest BCUT2D eigenvalue weighted by molar-refractivity contribution is -0.384. The Morgan fingerprint density at radius 3 is 2.33 bits per heavy atom. The molecule has 10 nitrogen and oxygen atoms in total. The van der Waals surface area contributed by atoms with Gasteiger partial charge in [-0.05, 0) is 67.8 Å². The van der Waals surface area contributed by atoms with Gasteiger partial charge in [-0.25, -0.2) is 10.2 Å². The Morgan fingerprint density at radius 2 is 1.69 bits per heavy atom. The van der Waals surface area contributed by atoms with Gasteiger partial charge in [-0.3, -0.25) is 14.9 Å². The molecule has 3 aromatic rings. The van der Waals surface area contributed by atoms with Crippen molar-refractivity contribution < 1.29 is 28.7 Å². The number of non-ortho nitro benzene ring substituents is 1. The fourth-order valence-electron chi connectivity index (χ4n) is 3.21. The number of rotatable bonds is 10. The zero-order chi connectivity index (χ0) is 26.1. The number of nitro groups is 1. The largest absolute Gasteiger partial charge is 0.490 e. The fraction of sp³-hybridized carbons (Fsp3) is 0.192. The van der Waals surface area contributed by atoms with E-state index in [1.54, 1.807) is 19.1 Å². The molecular weight excluding hydrogens is 466 g/mol. The first-order chi connectivity index (χ1) is 17.3. The average molecular weight is 492 g/mol. The molecule has 1 amide bonds. The molecule has 0 bridgehead atoms. The minimum atomic E-state index is -0.691. The van der Waals surface area contributed by atoms with E-state index in [9.17, 15) is 19.7 Å². The van der Waals surface area contributed by atoms with Crippen LogP contribution in [0.15, 0.2) is 65.8 Å². The number of carbonyl (C=O) groups is 2. The molecule has 0 aliphatic heterocycles. The van der Waals surface area contributed by atoms with Gasteiger partial charge in [0.05, 0.1) is 23.3 Å². The van der Waals surface area contributed by atoms with E-state index in [4.69, 9.17) is 14.2 Å². The number of benzene rings is 3. The van der Waals surface area contributed by atoms with E-state index in [-0.39, 0.29) is 23.6 Å². The van der Waals surface area contributed by atoms with Crippen molar-refractivity contribution in [2.75, 3.05) is 13.2 Å². The van der Waals surface area contributed by atoms with Gasteiger partial charge in [-0.15, -0.1) is 0 Å². The first-order valence-corrected chi connectivity index (χ1v) is 11.0. The highest BCUT2D eigenvalue weighted by atomic mass is 16.6. The quantitative estimate of drug-likeness (QED) is 0.147. The standard InChI is InChI=1S/C26H25N3O7/c1-4-34-23-14-19(15-27-28-24(30)16-35-25-17(2)6-5-7-18(25)3)8-13-22(23)36-26(31)20-9-11-21(12-10-20)29(32)33/h5-15H,4,16H2,1-3H3,(H,28,30). The van der Waals surface area contributed by atoms with Gasteiger partial charge in [0.2, 0.25) is 0 Å². The number of hydrogen-bond donors (Lipinski definition) is 1. The maximum Gasteiger partial charge on any atom is 0.343 e. The van der Waals surface area contributed by atoms with E-state index < -0.39 is 16.8 Å². The number of nitrogens with zero attached hydrogens (tertiary/aromatic N) is 2. The van der Waals surface area contributed by atoms with Crippen LogP contribution in [0.5, 0.6) is 17.2 Å². The molecule has 3 rings (SSSR count). The van der Waals surface area contributed by atoms with Crippen molar-refractivity contribution in [2.45, 2.75) is 20.8 Å². The Bertz CT molecular complexity index is 1270. The number of hydrazone groups is 1. The SMILES string of the molecule is CCOc1cc(C=NNC(=O)COc2c(C)cccc2C)ccc1OC(=O)c1ccc([N+](=O)[O-])cc1. The van der Waals surface area contributed by atoms with Crippen molar-refractivity contribution in [1.29, 1.82) is 0 Å². The van der Waals surface area contributed by atoms with Gasteiger partial charge < -0.3 is 14.2 Å². The topological polar surface area (TPSA) is 129 Å². The van der Waals surface area contributed by atoms with Crippen molar-refractivity contribution in [3.63, 3.8) is 0 Å². The van der Waals surface area contributed by atoms with Gasteiger partial charge in [0.25, 0.3) is 11.6 Å². The van der Waals surface area contributed by atoms with Crippen LogP contribution in [0, 0.1) is 24.0 Å². The molecular formula is C26H25N3O7. The number of nitro benzene ring substituents is 1. The molecule has 0 aliphatic carbocycles. The van der Waals surface area contributed by atoms with Crippen LogP contribution >= 0.6 is 0 Å². The van der Waals surface area contributed by atoms with Crippen LogP contribution in [0.3, 0.4) is 0 Å². The number of esters is 1. The first-order valence-electron chi connectivity index (χ1n) is 11.0. The van der Waals surface area contributed by atoms with Gasteiger partial charge in [0.1, 0.15) is 5.75 Å². The summed E-state index contributed by atoms with van der Waals surface area (Å²) in [5, 5.41) is 14.7. The highest BCUT2D eigenvalue weighted by Crippen LogP contribution is 2.29. The van der Waals surface area contributed by atoms with Crippen molar-refractivity contribution in [3.05, 3.63) is 93.0 Å². The maximum atomic E-state index is 12.5. The van der Waals surface area contributed by atoms with E-state index in [1.807, 2.05) is 32.0 Å². The molecule has 0 saturated carbocycles. The fourth-order valence-corrected chi connectivity index (χ4v) is 3.21. The molecule has 1 N–H and O–H groups in total. The van der Waals surface area contributed by atoms with Gasteiger partial charge in [-0.1, -0.05) is 18.2 Å². The van der Waals surface area contributed by atoms with Crippen LogP contribution in [-0.2, 0) is 4.79 Å². The Labute approximate surface area is 207 Å². The van der Waals surface area contributed by atoms with Crippen LogP contribution in [0.1, 0.15) is 34.0 Å². The second-order valence-electron chi connectivity index (χ2n) is 7.64. The summed E-state index contributed by atoms with van der Waals surface area (Å²) in [6.45, 7) is 5.71. The van der Waals surface area contributed by atoms with Crippen molar-refractivity contribution in [3.8, 4) is 17.2 Å². The summed E-state index contributed by atoms with van der Waals surface area (Å²) in [6.07, 6.45) is 1.42. The van der Waals surface area contributed by atoms with E-state index in [1.165, 1.54) is 36.5 Å². The molecule has 0 atom stereocenters. The molecule has 0 fully saturated rings. The van der Waals surface area contributed by atoms with Gasteiger partial charge >= 0.3 is 5.97 Å². The molecule has 0 spiro atoms. The highest BCUT2D eigenvalue weighted by Gasteiger charge is 2.15. The smallest absolute Gasteiger partial charge is 0.343 e. The van der Waals surface area contributed by atoms with Crippen LogP contribution < -0.4 is 19.6 Å². The Balaban J connectivity index is 1.61. The molecule has 186 valence electrons. The highest BCUT2D eigenvalue weighted by molar-refractivity contribution is 5.92. The van der Waals surface area contributed by atoms with Crippen LogP contribution in [-0.4, -0.2) is 36.2 Å². The second kappa shape index (κ2) is 12.1. The lowest BCUT2D eigenvalue weighted by Gasteiger charge is -2.11. The lowest BCUT2D eigenvalue weighted by Crippen LogP contribution is -2.25. The first kappa shape index (κ1) is 25.9. The summed E-state index contributed by atoms with van der Waals surface area (Å²) >= 11 is 0. The number of para-hydroxylation sites is 1. The lowest BCUT2D eigenvalue weighted by atomic mass is 10.1. The second-order valence-corrected chi connectivity index (χ2v) is 7.64. The van der Waals surface area contributed by atoms with Gasteiger partial charge in [-0.2, -0.15) is 5.10 Å². The zero-order valence-electron chi connectivity index (χ0n) is 20.0. The van der Waals surface area contributed by atoms with Gasteiger partial charge in [0.15, 0.2) is 18.1 Å². The Morgan fingerprint density at radius 1 is 1.00 bits per heavy atom. The molecule has 0 unspecified atom stereocenters. The normalized spacial score (nSPS) is 10.6. The van der Waals surface area contributed by atoms with Crippen LogP contribution in [0.2, 0.25) is 0 Å². The van der Waals surface area contributed by atoms with Gasteiger partial charge in [0, 0.05) is 12.1 Å². The third-order valence-corrected chi connectivity index (χ3v) is 4.94. The van der Waals surface area contributed by atoms with Crippen LogP contribution in [0.25, 0.3) is 0 Å². The Kier molecular flexibility index (Phi) is 8.71. The predicted octanol–water partition coefficient (Wildman–Crippen LogP) is 4.36. The predicted molar refractivity (Wildman–Crippen MR) is 133 cm³/mol. The minimum Gasteiger partial charge on any atom is -0.490 e. The summed E-state index contributed by atoms with van der Waals surface area (Å²) in [6, 6.07) is 15.6. The van der Waals surface area contributed by atoms with Crippen molar-refractivity contribution in [1.82, 2.24) is 5.43 Å². The monoisotopic (exact) mass is 491 g/mol. The summed E-state index contributed by atoms with van der Waals surface area (Å²) < 4.78 is 16.6. The number of ether oxygens (including phenoxy) is 3.